The highest BCUT2D eigenvalue weighted by Gasteiger charge is 2.37. The van der Waals surface area contributed by atoms with Gasteiger partial charge < -0.3 is 9.64 Å². The zero-order chi connectivity index (χ0) is 20.9. The Hall–Kier alpha value is -2.31. The first-order valence-corrected chi connectivity index (χ1v) is 10.4. The van der Waals surface area contributed by atoms with E-state index < -0.39 is 11.7 Å². The van der Waals surface area contributed by atoms with E-state index >= 15 is 0 Å². The highest BCUT2D eigenvalue weighted by Crippen LogP contribution is 2.37. The van der Waals surface area contributed by atoms with Crippen LogP contribution in [0.2, 0.25) is 0 Å². The van der Waals surface area contributed by atoms with Gasteiger partial charge in [0.05, 0.1) is 0 Å². The van der Waals surface area contributed by atoms with Crippen molar-refractivity contribution < 1.29 is 17.9 Å². The van der Waals surface area contributed by atoms with Crippen LogP contribution < -0.4 is 9.64 Å². The van der Waals surface area contributed by atoms with Crippen molar-refractivity contribution in [2.75, 3.05) is 11.4 Å². The molecule has 1 heterocycles. The monoisotopic (exact) mass is 407 g/mol. The second-order valence-electron chi connectivity index (χ2n) is 7.43. The molecule has 29 heavy (non-hydrogen) atoms. The third kappa shape index (κ3) is 5.40. The van der Waals surface area contributed by atoms with Crippen molar-refractivity contribution in [3.05, 3.63) is 41.6 Å². The predicted molar refractivity (Wildman–Crippen MR) is 108 cm³/mol. The second kappa shape index (κ2) is 9.46. The van der Waals surface area contributed by atoms with Crippen LogP contribution in [0.3, 0.4) is 0 Å². The molecule has 3 rings (SSSR count). The Morgan fingerprint density at radius 2 is 1.90 bits per heavy atom. The van der Waals surface area contributed by atoms with Crippen molar-refractivity contribution in [1.82, 2.24) is 9.97 Å². The van der Waals surface area contributed by atoms with Gasteiger partial charge in [-0.15, -0.1) is 0 Å². The Kier molecular flexibility index (Phi) is 6.98. The highest BCUT2D eigenvalue weighted by molar-refractivity contribution is 5.58. The summed E-state index contributed by atoms with van der Waals surface area (Å²) in [5.74, 6) is -0.141. The number of hydrogen-bond donors (Lipinski definition) is 0. The molecule has 0 amide bonds. The van der Waals surface area contributed by atoms with Gasteiger partial charge in [0.1, 0.15) is 11.7 Å². The Balaban J connectivity index is 1.95. The number of alkyl halides is 3. The summed E-state index contributed by atoms with van der Waals surface area (Å²) in [6.07, 6.45) is 2.57. The molecule has 1 aliphatic rings. The summed E-state index contributed by atoms with van der Waals surface area (Å²) in [6, 6.07) is 7.96. The maximum atomic E-state index is 13.5. The minimum atomic E-state index is -4.55. The molecule has 1 aliphatic carbocycles. The van der Waals surface area contributed by atoms with Crippen LogP contribution >= 0.6 is 0 Å². The molecule has 2 aromatic rings. The summed E-state index contributed by atoms with van der Waals surface area (Å²) in [4.78, 5) is 10.1. The number of benzene rings is 1. The highest BCUT2D eigenvalue weighted by atomic mass is 19.4. The van der Waals surface area contributed by atoms with Crippen molar-refractivity contribution in [2.45, 2.75) is 71.1 Å². The molecule has 4 nitrogen and oxygen atoms in total. The fourth-order valence-electron chi connectivity index (χ4n) is 3.72. The summed E-state index contributed by atoms with van der Waals surface area (Å²) in [7, 11) is 0. The van der Waals surface area contributed by atoms with Gasteiger partial charge in [0.15, 0.2) is 0 Å². The lowest BCUT2D eigenvalue weighted by Gasteiger charge is -2.26. The van der Waals surface area contributed by atoms with Gasteiger partial charge in [-0.05, 0) is 56.7 Å². The van der Waals surface area contributed by atoms with Crippen molar-refractivity contribution in [3.63, 3.8) is 0 Å². The first kappa shape index (κ1) is 21.4. The maximum absolute atomic E-state index is 13.5. The van der Waals surface area contributed by atoms with E-state index in [1.54, 1.807) is 0 Å². The Labute approximate surface area is 170 Å². The number of aryl methyl sites for hydroxylation is 1. The fourth-order valence-corrected chi connectivity index (χ4v) is 3.72. The number of rotatable bonds is 7. The molecule has 0 bridgehead atoms. The standard InChI is InChI=1S/C22H28F3N3O/c1-3-9-16-10-8-11-17(14-16)28(4-2)21-26-15-19(22(23,24)25)20(27-21)29-18-12-6-5-7-13-18/h8,10-11,14-15,18H,3-7,9,12-13H2,1-2H3. The molecule has 0 saturated heterocycles. The van der Waals surface area contributed by atoms with E-state index in [1.807, 2.05) is 36.1 Å². The zero-order valence-corrected chi connectivity index (χ0v) is 17.0. The molecule has 0 N–H and O–H groups in total. The molecule has 1 aromatic carbocycles. The Morgan fingerprint density at radius 1 is 1.14 bits per heavy atom. The van der Waals surface area contributed by atoms with Gasteiger partial charge in [-0.1, -0.05) is 31.9 Å². The van der Waals surface area contributed by atoms with Gasteiger partial charge in [0, 0.05) is 18.4 Å². The normalized spacial score (nSPS) is 15.3. The molecule has 0 unspecified atom stereocenters. The van der Waals surface area contributed by atoms with Crippen molar-refractivity contribution in [1.29, 1.82) is 0 Å². The average Bonchev–Trinajstić information content (AvgIpc) is 2.69. The Bertz CT molecular complexity index is 804. The molecule has 0 radical (unpaired) electrons. The number of aromatic nitrogens is 2. The predicted octanol–water partition coefficient (Wildman–Crippen LogP) is 6.32. The van der Waals surface area contributed by atoms with E-state index in [9.17, 15) is 13.2 Å². The van der Waals surface area contributed by atoms with Crippen LogP contribution in [0, 0.1) is 0 Å². The fraction of sp³-hybridized carbons (Fsp3) is 0.545. The van der Waals surface area contributed by atoms with Crippen LogP contribution in [-0.2, 0) is 12.6 Å². The van der Waals surface area contributed by atoms with Gasteiger partial charge in [-0.25, -0.2) is 4.98 Å². The smallest absolute Gasteiger partial charge is 0.423 e. The van der Waals surface area contributed by atoms with Gasteiger partial charge >= 0.3 is 6.18 Å². The first-order valence-electron chi connectivity index (χ1n) is 10.4. The third-order valence-corrected chi connectivity index (χ3v) is 5.20. The van der Waals surface area contributed by atoms with Crippen LogP contribution in [0.15, 0.2) is 30.5 Å². The van der Waals surface area contributed by atoms with Crippen LogP contribution in [0.1, 0.15) is 63.5 Å². The van der Waals surface area contributed by atoms with Gasteiger partial charge in [0.25, 0.3) is 0 Å². The van der Waals surface area contributed by atoms with Crippen molar-refractivity contribution >= 4 is 11.6 Å². The van der Waals surface area contributed by atoms with E-state index in [4.69, 9.17) is 4.74 Å². The van der Waals surface area contributed by atoms with E-state index in [2.05, 4.69) is 16.9 Å². The molecule has 1 aromatic heterocycles. The first-order chi connectivity index (χ1) is 13.9. The van der Waals surface area contributed by atoms with E-state index in [1.165, 1.54) is 5.56 Å². The summed E-state index contributed by atoms with van der Waals surface area (Å²) in [5, 5.41) is 0. The quantitative estimate of drug-likeness (QED) is 0.538. The Morgan fingerprint density at radius 3 is 2.55 bits per heavy atom. The molecule has 7 heteroatoms. The largest absolute Gasteiger partial charge is 0.474 e. The van der Waals surface area contributed by atoms with E-state index in [-0.39, 0.29) is 17.9 Å². The number of hydrogen-bond acceptors (Lipinski definition) is 4. The maximum Gasteiger partial charge on any atom is 0.423 e. The SMILES string of the molecule is CCCc1cccc(N(CC)c2ncc(C(F)(F)F)c(OC3CCCCC3)n2)c1. The van der Waals surface area contributed by atoms with Crippen molar-refractivity contribution in [2.24, 2.45) is 0 Å². The summed E-state index contributed by atoms with van der Waals surface area (Å²) in [5.41, 5.74) is 1.12. The number of anilines is 2. The lowest BCUT2D eigenvalue weighted by Crippen LogP contribution is -2.24. The van der Waals surface area contributed by atoms with E-state index in [0.29, 0.717) is 6.54 Å². The van der Waals surface area contributed by atoms with Gasteiger partial charge in [0.2, 0.25) is 11.8 Å². The van der Waals surface area contributed by atoms with Crippen LogP contribution in [0.5, 0.6) is 5.88 Å². The molecular weight excluding hydrogens is 379 g/mol. The molecule has 1 saturated carbocycles. The average molecular weight is 407 g/mol. The topological polar surface area (TPSA) is 38.2 Å². The molecule has 1 fully saturated rings. The summed E-state index contributed by atoms with van der Waals surface area (Å²) < 4.78 is 46.3. The number of ether oxygens (including phenoxy) is 1. The van der Waals surface area contributed by atoms with Crippen molar-refractivity contribution in [3.8, 4) is 5.88 Å². The minimum Gasteiger partial charge on any atom is -0.474 e. The van der Waals surface area contributed by atoms with Gasteiger partial charge in [-0.3, -0.25) is 0 Å². The zero-order valence-electron chi connectivity index (χ0n) is 17.0. The molecular formula is C22H28F3N3O. The third-order valence-electron chi connectivity index (χ3n) is 5.20. The lowest BCUT2D eigenvalue weighted by atomic mass is 9.98. The summed E-state index contributed by atoms with van der Waals surface area (Å²) in [6.45, 7) is 4.57. The number of nitrogens with zero attached hydrogens (tertiary/aromatic N) is 3. The molecule has 0 atom stereocenters. The summed E-state index contributed by atoms with van der Waals surface area (Å²) >= 11 is 0. The van der Waals surface area contributed by atoms with Crippen LogP contribution in [-0.4, -0.2) is 22.6 Å². The second-order valence-corrected chi connectivity index (χ2v) is 7.43. The lowest BCUT2D eigenvalue weighted by molar-refractivity contribution is -0.140. The van der Waals surface area contributed by atoms with Crippen LogP contribution in [0.4, 0.5) is 24.8 Å². The van der Waals surface area contributed by atoms with Gasteiger partial charge in [-0.2, -0.15) is 18.2 Å². The molecule has 158 valence electrons. The number of halogens is 3. The molecule has 0 aliphatic heterocycles. The van der Waals surface area contributed by atoms with E-state index in [0.717, 1.165) is 56.8 Å². The minimum absolute atomic E-state index is 0.222. The van der Waals surface area contributed by atoms with Crippen LogP contribution in [0.25, 0.3) is 0 Å². The molecule has 0 spiro atoms.